The Labute approximate surface area is 85.4 Å². The van der Waals surface area contributed by atoms with E-state index in [0.717, 1.165) is 11.3 Å². The van der Waals surface area contributed by atoms with E-state index in [1.807, 2.05) is 19.1 Å². The number of carbonyl (C=O) groups excluding carboxylic acids is 1. The molecule has 2 nitrogen and oxygen atoms in total. The molecule has 0 N–H and O–H groups in total. The number of ketones is 1. The molecule has 0 aliphatic heterocycles. The second-order valence-corrected chi connectivity index (χ2v) is 4.14. The quantitative estimate of drug-likeness (QED) is 0.732. The number of hydrogen-bond donors (Lipinski definition) is 0. The molecule has 1 heterocycles. The van der Waals surface area contributed by atoms with Crippen LogP contribution in [0.2, 0.25) is 0 Å². The van der Waals surface area contributed by atoms with Crippen LogP contribution in [0.4, 0.5) is 0 Å². The molecule has 0 fully saturated rings. The van der Waals surface area contributed by atoms with E-state index in [2.05, 4.69) is 18.8 Å². The topological polar surface area (TPSA) is 30.0 Å². The van der Waals surface area contributed by atoms with E-state index < -0.39 is 0 Å². The number of carbonyl (C=O) groups is 1. The van der Waals surface area contributed by atoms with E-state index in [0.29, 0.717) is 18.8 Å². The predicted octanol–water partition coefficient (Wildman–Crippen LogP) is 2.55. The van der Waals surface area contributed by atoms with E-state index >= 15 is 0 Å². The molecule has 0 saturated carbocycles. The van der Waals surface area contributed by atoms with Gasteiger partial charge in [-0.15, -0.1) is 0 Å². The van der Waals surface area contributed by atoms with Crippen molar-refractivity contribution < 1.29 is 4.79 Å². The molecule has 0 aliphatic rings. The zero-order valence-electron chi connectivity index (χ0n) is 9.08. The molecular weight excluding hydrogens is 174 g/mol. The Hall–Kier alpha value is -1.18. The molecule has 0 aliphatic carbocycles. The van der Waals surface area contributed by atoms with Crippen molar-refractivity contribution in [2.24, 2.45) is 5.92 Å². The van der Waals surface area contributed by atoms with Crippen molar-refractivity contribution >= 4 is 5.78 Å². The van der Waals surface area contributed by atoms with E-state index in [1.165, 1.54) is 0 Å². The maximum atomic E-state index is 11.5. The van der Waals surface area contributed by atoms with Crippen LogP contribution in [0.15, 0.2) is 18.3 Å². The van der Waals surface area contributed by atoms with Crippen LogP contribution in [0.1, 0.15) is 31.5 Å². The summed E-state index contributed by atoms with van der Waals surface area (Å²) < 4.78 is 0. The van der Waals surface area contributed by atoms with Crippen LogP contribution < -0.4 is 0 Å². The van der Waals surface area contributed by atoms with Crippen molar-refractivity contribution in [2.75, 3.05) is 0 Å². The summed E-state index contributed by atoms with van der Waals surface area (Å²) in [6, 6.07) is 3.91. The van der Waals surface area contributed by atoms with E-state index in [-0.39, 0.29) is 5.78 Å². The Balaban J connectivity index is 2.56. The molecule has 14 heavy (non-hydrogen) atoms. The lowest BCUT2D eigenvalue weighted by atomic mass is 10.0. The zero-order chi connectivity index (χ0) is 10.6. The standard InChI is InChI=1S/C12H17NO/c1-9(2)6-12(14)8-11-7-10(3)4-5-13-11/h4-5,7,9H,6,8H2,1-3H3. The van der Waals surface area contributed by atoms with Gasteiger partial charge >= 0.3 is 0 Å². The van der Waals surface area contributed by atoms with Crippen LogP contribution in [-0.2, 0) is 11.2 Å². The average molecular weight is 191 g/mol. The van der Waals surface area contributed by atoms with Crippen LogP contribution >= 0.6 is 0 Å². The third kappa shape index (κ3) is 3.69. The molecule has 0 spiro atoms. The van der Waals surface area contributed by atoms with Gasteiger partial charge in [0.15, 0.2) is 0 Å². The molecule has 0 bridgehead atoms. The summed E-state index contributed by atoms with van der Waals surface area (Å²) in [7, 11) is 0. The minimum absolute atomic E-state index is 0.276. The summed E-state index contributed by atoms with van der Waals surface area (Å²) in [5, 5.41) is 0. The normalized spacial score (nSPS) is 10.6. The molecule has 0 atom stereocenters. The van der Waals surface area contributed by atoms with Gasteiger partial charge in [0.2, 0.25) is 0 Å². The molecular formula is C12H17NO. The monoisotopic (exact) mass is 191 g/mol. The molecule has 0 aromatic carbocycles. The number of pyridine rings is 1. The van der Waals surface area contributed by atoms with Gasteiger partial charge in [-0.05, 0) is 30.5 Å². The summed E-state index contributed by atoms with van der Waals surface area (Å²) in [6.45, 7) is 6.13. The second kappa shape index (κ2) is 4.89. The predicted molar refractivity (Wildman–Crippen MR) is 57.1 cm³/mol. The van der Waals surface area contributed by atoms with Gasteiger partial charge in [-0.25, -0.2) is 0 Å². The van der Waals surface area contributed by atoms with Gasteiger partial charge in [0.05, 0.1) is 0 Å². The SMILES string of the molecule is Cc1ccnc(CC(=O)CC(C)C)c1. The fourth-order valence-corrected chi connectivity index (χ4v) is 1.42. The highest BCUT2D eigenvalue weighted by molar-refractivity contribution is 5.80. The Kier molecular flexibility index (Phi) is 3.81. The van der Waals surface area contributed by atoms with E-state index in [9.17, 15) is 4.79 Å². The number of nitrogens with zero attached hydrogens (tertiary/aromatic N) is 1. The molecule has 76 valence electrons. The van der Waals surface area contributed by atoms with E-state index in [4.69, 9.17) is 0 Å². The first-order valence-electron chi connectivity index (χ1n) is 5.01. The Morgan fingerprint density at radius 1 is 1.50 bits per heavy atom. The maximum absolute atomic E-state index is 11.5. The summed E-state index contributed by atoms with van der Waals surface area (Å²) in [4.78, 5) is 15.7. The van der Waals surface area contributed by atoms with Crippen molar-refractivity contribution in [3.63, 3.8) is 0 Å². The lowest BCUT2D eigenvalue weighted by Crippen LogP contribution is -2.07. The van der Waals surface area contributed by atoms with Crippen molar-refractivity contribution in [2.45, 2.75) is 33.6 Å². The molecule has 1 rings (SSSR count). The molecule has 1 aromatic heterocycles. The fraction of sp³-hybridized carbons (Fsp3) is 0.500. The molecule has 1 aromatic rings. The molecule has 2 heteroatoms. The highest BCUT2D eigenvalue weighted by Crippen LogP contribution is 2.06. The molecule has 0 saturated heterocycles. The Morgan fingerprint density at radius 2 is 2.21 bits per heavy atom. The molecule has 0 radical (unpaired) electrons. The van der Waals surface area contributed by atoms with E-state index in [1.54, 1.807) is 6.20 Å². The smallest absolute Gasteiger partial charge is 0.139 e. The number of hydrogen-bond acceptors (Lipinski definition) is 2. The van der Waals surface area contributed by atoms with Crippen LogP contribution in [-0.4, -0.2) is 10.8 Å². The van der Waals surface area contributed by atoms with Crippen LogP contribution in [0, 0.1) is 12.8 Å². The Bertz CT molecular complexity index is 318. The van der Waals surface area contributed by atoms with Crippen LogP contribution in [0.5, 0.6) is 0 Å². The average Bonchev–Trinajstić information content (AvgIpc) is 2.01. The van der Waals surface area contributed by atoms with Gasteiger partial charge in [0.1, 0.15) is 5.78 Å². The van der Waals surface area contributed by atoms with Crippen LogP contribution in [0.3, 0.4) is 0 Å². The summed E-state index contributed by atoms with van der Waals surface area (Å²) in [6.07, 6.45) is 2.88. The second-order valence-electron chi connectivity index (χ2n) is 4.14. The zero-order valence-corrected chi connectivity index (χ0v) is 9.08. The van der Waals surface area contributed by atoms with Crippen molar-refractivity contribution in [3.8, 4) is 0 Å². The van der Waals surface area contributed by atoms with Crippen molar-refractivity contribution in [3.05, 3.63) is 29.6 Å². The highest BCUT2D eigenvalue weighted by atomic mass is 16.1. The third-order valence-electron chi connectivity index (χ3n) is 1.99. The minimum atomic E-state index is 0.276. The lowest BCUT2D eigenvalue weighted by molar-refractivity contribution is -0.119. The van der Waals surface area contributed by atoms with Gasteiger partial charge in [-0.3, -0.25) is 9.78 Å². The van der Waals surface area contributed by atoms with Crippen molar-refractivity contribution in [1.29, 1.82) is 0 Å². The minimum Gasteiger partial charge on any atom is -0.299 e. The first-order chi connectivity index (χ1) is 6.58. The number of Topliss-reactive ketones (excluding diaryl/α,β-unsaturated/α-hetero) is 1. The van der Waals surface area contributed by atoms with Crippen LogP contribution in [0.25, 0.3) is 0 Å². The first-order valence-corrected chi connectivity index (χ1v) is 5.01. The first kappa shape index (κ1) is 10.9. The number of aromatic nitrogens is 1. The summed E-state index contributed by atoms with van der Waals surface area (Å²) >= 11 is 0. The number of aryl methyl sites for hydroxylation is 1. The Morgan fingerprint density at radius 3 is 2.79 bits per heavy atom. The molecule has 0 amide bonds. The third-order valence-corrected chi connectivity index (χ3v) is 1.99. The van der Waals surface area contributed by atoms with Gasteiger partial charge in [0.25, 0.3) is 0 Å². The van der Waals surface area contributed by atoms with Gasteiger partial charge in [-0.2, -0.15) is 0 Å². The molecule has 0 unspecified atom stereocenters. The van der Waals surface area contributed by atoms with Crippen molar-refractivity contribution in [1.82, 2.24) is 4.98 Å². The highest BCUT2D eigenvalue weighted by Gasteiger charge is 2.06. The van der Waals surface area contributed by atoms with Gasteiger partial charge in [0, 0.05) is 24.7 Å². The van der Waals surface area contributed by atoms with Gasteiger partial charge in [-0.1, -0.05) is 13.8 Å². The summed E-state index contributed by atoms with van der Waals surface area (Å²) in [5.74, 6) is 0.713. The van der Waals surface area contributed by atoms with Gasteiger partial charge < -0.3 is 0 Å². The largest absolute Gasteiger partial charge is 0.299 e. The summed E-state index contributed by atoms with van der Waals surface area (Å²) in [5.41, 5.74) is 2.04. The number of rotatable bonds is 4. The maximum Gasteiger partial charge on any atom is 0.139 e. The fourth-order valence-electron chi connectivity index (χ4n) is 1.42. The lowest BCUT2D eigenvalue weighted by Gasteiger charge is -2.03.